The van der Waals surface area contributed by atoms with E-state index in [1.165, 1.54) is 0 Å². The summed E-state index contributed by atoms with van der Waals surface area (Å²) in [6.07, 6.45) is 0. The summed E-state index contributed by atoms with van der Waals surface area (Å²) in [5.41, 5.74) is 4.49. The highest BCUT2D eigenvalue weighted by molar-refractivity contribution is 5.94. The van der Waals surface area contributed by atoms with Crippen molar-refractivity contribution in [2.75, 3.05) is 0 Å². The molecule has 3 heteroatoms. The Morgan fingerprint density at radius 3 is 2.67 bits per heavy atom. The van der Waals surface area contributed by atoms with Gasteiger partial charge in [-0.2, -0.15) is 5.26 Å². The predicted octanol–water partition coefficient (Wildman–Crippen LogP) is 3.41. The highest BCUT2D eigenvalue weighted by Crippen LogP contribution is 2.28. The van der Waals surface area contributed by atoms with E-state index in [1.807, 2.05) is 37.3 Å². The number of nitrogens with one attached hydrogen (secondary N) is 1. The van der Waals surface area contributed by atoms with Gasteiger partial charge in [0.1, 0.15) is 17.4 Å². The summed E-state index contributed by atoms with van der Waals surface area (Å²) < 4.78 is 0. The molecule has 0 radical (unpaired) electrons. The van der Waals surface area contributed by atoms with E-state index in [4.69, 9.17) is 5.26 Å². The van der Waals surface area contributed by atoms with Crippen LogP contribution >= 0.6 is 0 Å². The molecule has 0 atom stereocenters. The van der Waals surface area contributed by atoms with E-state index in [0.29, 0.717) is 5.69 Å². The van der Waals surface area contributed by atoms with Crippen LogP contribution in [0.1, 0.15) is 11.4 Å². The van der Waals surface area contributed by atoms with Crippen molar-refractivity contribution >= 4 is 11.0 Å². The number of aromatic amines is 1. The number of aryl methyl sites for hydroxylation is 1. The molecule has 0 unspecified atom stereocenters. The van der Waals surface area contributed by atoms with E-state index in [0.717, 1.165) is 27.9 Å². The molecule has 0 aliphatic rings. The van der Waals surface area contributed by atoms with Crippen LogP contribution in [0.25, 0.3) is 22.2 Å². The molecule has 3 rings (SSSR count). The fraction of sp³-hybridized carbons (Fsp3) is 0.0667. The fourth-order valence-electron chi connectivity index (χ4n) is 2.15. The van der Waals surface area contributed by atoms with Gasteiger partial charge in [0.25, 0.3) is 0 Å². The van der Waals surface area contributed by atoms with Crippen LogP contribution < -0.4 is 0 Å². The maximum atomic E-state index is 8.96. The topological polar surface area (TPSA) is 52.5 Å². The number of pyridine rings is 1. The van der Waals surface area contributed by atoms with Gasteiger partial charge >= 0.3 is 0 Å². The molecule has 3 nitrogen and oxygen atoms in total. The maximum Gasteiger partial charge on any atom is 0.139 e. The maximum absolute atomic E-state index is 8.96. The summed E-state index contributed by atoms with van der Waals surface area (Å²) in [7, 11) is 0. The lowest BCUT2D eigenvalue weighted by atomic mass is 10.0. The molecule has 0 spiro atoms. The third-order valence-electron chi connectivity index (χ3n) is 2.93. The third kappa shape index (κ3) is 1.64. The first-order valence-corrected chi connectivity index (χ1v) is 5.74. The molecule has 1 N–H and O–H groups in total. The van der Waals surface area contributed by atoms with E-state index in [-0.39, 0.29) is 0 Å². The van der Waals surface area contributed by atoms with Crippen LogP contribution in [0.3, 0.4) is 0 Å². The van der Waals surface area contributed by atoms with E-state index in [9.17, 15) is 0 Å². The van der Waals surface area contributed by atoms with Gasteiger partial charge in [-0.3, -0.25) is 0 Å². The molecular weight excluding hydrogens is 222 g/mol. The lowest BCUT2D eigenvalue weighted by Gasteiger charge is -2.04. The number of aromatic nitrogens is 2. The minimum Gasteiger partial charge on any atom is -0.331 e. The second-order valence-corrected chi connectivity index (χ2v) is 4.23. The quantitative estimate of drug-likeness (QED) is 0.700. The number of benzene rings is 1. The van der Waals surface area contributed by atoms with Crippen LogP contribution in [0, 0.1) is 18.3 Å². The van der Waals surface area contributed by atoms with Gasteiger partial charge in [-0.05, 0) is 30.2 Å². The van der Waals surface area contributed by atoms with Crippen molar-refractivity contribution < 1.29 is 0 Å². The van der Waals surface area contributed by atoms with Crippen LogP contribution in [-0.2, 0) is 0 Å². The molecule has 0 fully saturated rings. The Balaban J connectivity index is 2.35. The highest BCUT2D eigenvalue weighted by Gasteiger charge is 2.09. The van der Waals surface area contributed by atoms with Gasteiger partial charge < -0.3 is 4.98 Å². The average molecular weight is 233 g/mol. The molecule has 0 aliphatic carbocycles. The zero-order valence-electron chi connectivity index (χ0n) is 9.94. The number of hydrogen-bond acceptors (Lipinski definition) is 2. The first-order valence-electron chi connectivity index (χ1n) is 5.74. The Hall–Kier alpha value is -2.60. The number of nitriles is 1. The molecule has 0 saturated heterocycles. The molecule has 18 heavy (non-hydrogen) atoms. The highest BCUT2D eigenvalue weighted by atomic mass is 14.9. The Kier molecular flexibility index (Phi) is 2.35. The largest absolute Gasteiger partial charge is 0.331 e. The van der Waals surface area contributed by atoms with Crippen molar-refractivity contribution in [1.29, 1.82) is 5.26 Å². The number of nitrogens with zero attached hydrogens (tertiary/aromatic N) is 2. The van der Waals surface area contributed by atoms with Crippen LogP contribution in [0.2, 0.25) is 0 Å². The second-order valence-electron chi connectivity index (χ2n) is 4.23. The molecule has 0 amide bonds. The molecule has 2 heterocycles. The molecule has 2 aromatic heterocycles. The normalized spacial score (nSPS) is 10.4. The van der Waals surface area contributed by atoms with Crippen molar-refractivity contribution in [3.05, 3.63) is 53.9 Å². The molecule has 0 saturated carbocycles. The number of rotatable bonds is 1. The lowest BCUT2D eigenvalue weighted by Crippen LogP contribution is -1.86. The average Bonchev–Trinajstić information content (AvgIpc) is 2.81. The second kappa shape index (κ2) is 4.01. The molecule has 86 valence electrons. The summed E-state index contributed by atoms with van der Waals surface area (Å²) in [6.45, 7) is 1.96. The van der Waals surface area contributed by atoms with Crippen LogP contribution in [0.5, 0.6) is 0 Å². The SMILES string of the molecule is Cc1cc(-c2ccccc2)c2cc(C#N)[nH]c2n1. The van der Waals surface area contributed by atoms with E-state index in [2.05, 4.69) is 28.2 Å². The van der Waals surface area contributed by atoms with Crippen molar-refractivity contribution in [2.24, 2.45) is 0 Å². The standard InChI is InChI=1S/C15H11N3/c1-10-7-13(11-5-3-2-4-6-11)14-8-12(9-16)18-15(14)17-10/h2-8H,1H3,(H,17,18). The monoisotopic (exact) mass is 233 g/mol. The number of fused-ring (bicyclic) bond motifs is 1. The number of hydrogen-bond donors (Lipinski definition) is 1. The van der Waals surface area contributed by atoms with Gasteiger partial charge in [0.2, 0.25) is 0 Å². The van der Waals surface area contributed by atoms with Crippen molar-refractivity contribution in [3.8, 4) is 17.2 Å². The Bertz CT molecular complexity index is 748. The molecular formula is C15H11N3. The van der Waals surface area contributed by atoms with Crippen LogP contribution in [0.4, 0.5) is 0 Å². The van der Waals surface area contributed by atoms with Crippen molar-refractivity contribution in [3.63, 3.8) is 0 Å². The molecule has 3 aromatic rings. The minimum absolute atomic E-state index is 0.542. The Morgan fingerprint density at radius 1 is 1.17 bits per heavy atom. The van der Waals surface area contributed by atoms with E-state index in [1.54, 1.807) is 0 Å². The first kappa shape index (κ1) is 10.5. The van der Waals surface area contributed by atoms with E-state index >= 15 is 0 Å². The summed E-state index contributed by atoms with van der Waals surface area (Å²) >= 11 is 0. The number of H-pyrrole nitrogens is 1. The third-order valence-corrected chi connectivity index (χ3v) is 2.93. The van der Waals surface area contributed by atoms with Gasteiger partial charge in [0.15, 0.2) is 0 Å². The van der Waals surface area contributed by atoms with Crippen LogP contribution in [-0.4, -0.2) is 9.97 Å². The smallest absolute Gasteiger partial charge is 0.139 e. The fourth-order valence-corrected chi connectivity index (χ4v) is 2.15. The predicted molar refractivity (Wildman–Crippen MR) is 71.0 cm³/mol. The molecule has 0 bridgehead atoms. The Labute approximate surface area is 105 Å². The van der Waals surface area contributed by atoms with Crippen molar-refractivity contribution in [1.82, 2.24) is 9.97 Å². The molecule has 1 aromatic carbocycles. The van der Waals surface area contributed by atoms with Crippen LogP contribution in [0.15, 0.2) is 42.5 Å². The van der Waals surface area contributed by atoms with Gasteiger partial charge in [0.05, 0.1) is 0 Å². The van der Waals surface area contributed by atoms with Gasteiger partial charge in [-0.1, -0.05) is 30.3 Å². The summed E-state index contributed by atoms with van der Waals surface area (Å²) in [4.78, 5) is 7.45. The zero-order valence-corrected chi connectivity index (χ0v) is 9.94. The van der Waals surface area contributed by atoms with Crippen molar-refractivity contribution in [2.45, 2.75) is 6.92 Å². The summed E-state index contributed by atoms with van der Waals surface area (Å²) in [5.74, 6) is 0. The molecule has 0 aliphatic heterocycles. The van der Waals surface area contributed by atoms with Gasteiger partial charge in [-0.15, -0.1) is 0 Å². The lowest BCUT2D eigenvalue weighted by molar-refractivity contribution is 1.21. The van der Waals surface area contributed by atoms with Gasteiger partial charge in [-0.25, -0.2) is 4.98 Å². The minimum atomic E-state index is 0.542. The summed E-state index contributed by atoms with van der Waals surface area (Å²) in [6, 6.07) is 16.2. The zero-order chi connectivity index (χ0) is 12.5. The van der Waals surface area contributed by atoms with E-state index < -0.39 is 0 Å². The first-order chi connectivity index (χ1) is 8.78. The Morgan fingerprint density at radius 2 is 1.94 bits per heavy atom. The summed E-state index contributed by atoms with van der Waals surface area (Å²) in [5, 5.41) is 9.95. The van der Waals surface area contributed by atoms with Gasteiger partial charge in [0, 0.05) is 11.1 Å².